The fourth-order valence-electron chi connectivity index (χ4n) is 2.14. The van der Waals surface area contributed by atoms with Crippen LogP contribution in [0, 0.1) is 5.92 Å². The number of hydrazine groups is 1. The van der Waals surface area contributed by atoms with Crippen LogP contribution in [0.25, 0.3) is 0 Å². The average molecular weight is 186 g/mol. The van der Waals surface area contributed by atoms with Crippen molar-refractivity contribution in [2.75, 3.05) is 13.6 Å². The molecule has 0 aromatic carbocycles. The topological polar surface area (TPSA) is 49.5 Å². The lowest BCUT2D eigenvalue weighted by Gasteiger charge is -2.23. The monoisotopic (exact) mass is 186 g/mol. The third-order valence-corrected chi connectivity index (χ3v) is 2.92. The van der Waals surface area contributed by atoms with E-state index >= 15 is 0 Å². The number of rotatable bonds is 3. The summed E-state index contributed by atoms with van der Waals surface area (Å²) < 4.78 is 0. The molecule has 0 aromatic rings. The van der Waals surface area contributed by atoms with Crippen LogP contribution in [0.1, 0.15) is 38.5 Å². The number of hydrogen-bond acceptors (Lipinski definition) is 3. The summed E-state index contributed by atoms with van der Waals surface area (Å²) in [5.74, 6) is 5.99. The van der Waals surface area contributed by atoms with Gasteiger partial charge in [0, 0.05) is 13.6 Å². The molecule has 1 aliphatic rings. The summed E-state index contributed by atoms with van der Waals surface area (Å²) in [4.78, 5) is 0. The molecular weight excluding hydrogens is 164 g/mol. The minimum Gasteiger partial charge on any atom is -0.391 e. The van der Waals surface area contributed by atoms with Crippen LogP contribution in [0.5, 0.6) is 0 Å². The Morgan fingerprint density at radius 3 is 2.31 bits per heavy atom. The number of aliphatic hydroxyl groups is 1. The van der Waals surface area contributed by atoms with Crippen LogP contribution >= 0.6 is 0 Å². The third-order valence-electron chi connectivity index (χ3n) is 2.92. The zero-order valence-corrected chi connectivity index (χ0v) is 8.58. The van der Waals surface area contributed by atoms with Gasteiger partial charge in [0.2, 0.25) is 0 Å². The van der Waals surface area contributed by atoms with Gasteiger partial charge in [-0.1, -0.05) is 25.7 Å². The first-order valence-electron chi connectivity index (χ1n) is 5.34. The largest absolute Gasteiger partial charge is 0.391 e. The molecule has 13 heavy (non-hydrogen) atoms. The lowest BCUT2D eigenvalue weighted by Crippen LogP contribution is -2.38. The maximum absolute atomic E-state index is 9.85. The van der Waals surface area contributed by atoms with E-state index in [9.17, 15) is 5.11 Å². The molecule has 1 fully saturated rings. The van der Waals surface area contributed by atoms with E-state index in [-0.39, 0.29) is 6.10 Å². The summed E-state index contributed by atoms with van der Waals surface area (Å²) >= 11 is 0. The molecule has 0 heterocycles. The SMILES string of the molecule is CN(N)CC(O)C1CCCCCC1. The molecule has 0 aliphatic heterocycles. The fraction of sp³-hybridized carbons (Fsp3) is 1.00. The van der Waals surface area contributed by atoms with Crippen LogP contribution < -0.4 is 5.84 Å². The molecule has 3 heteroatoms. The van der Waals surface area contributed by atoms with Gasteiger partial charge in [-0.05, 0) is 18.8 Å². The predicted molar refractivity (Wildman–Crippen MR) is 54.0 cm³/mol. The minimum absolute atomic E-state index is 0.229. The van der Waals surface area contributed by atoms with E-state index in [2.05, 4.69) is 0 Å². The summed E-state index contributed by atoms with van der Waals surface area (Å²) in [5.41, 5.74) is 0. The average Bonchev–Trinajstić information content (AvgIpc) is 2.29. The van der Waals surface area contributed by atoms with Gasteiger partial charge in [-0.3, -0.25) is 5.84 Å². The van der Waals surface area contributed by atoms with Crippen molar-refractivity contribution in [1.29, 1.82) is 0 Å². The standard InChI is InChI=1S/C10H22N2O/c1-12(11)8-10(13)9-6-4-2-3-5-7-9/h9-10,13H,2-8,11H2,1H3. The molecule has 1 atom stereocenters. The molecule has 3 nitrogen and oxygen atoms in total. The lowest BCUT2D eigenvalue weighted by atomic mass is 9.94. The second-order valence-electron chi connectivity index (χ2n) is 4.26. The fourth-order valence-corrected chi connectivity index (χ4v) is 2.14. The predicted octanol–water partition coefficient (Wildman–Crippen LogP) is 1.12. The zero-order valence-electron chi connectivity index (χ0n) is 8.58. The molecule has 3 N–H and O–H groups in total. The van der Waals surface area contributed by atoms with Crippen LogP contribution in [0.15, 0.2) is 0 Å². The summed E-state index contributed by atoms with van der Waals surface area (Å²) in [6.07, 6.45) is 7.34. The first-order valence-corrected chi connectivity index (χ1v) is 5.34. The Balaban J connectivity index is 2.30. The number of nitrogens with two attached hydrogens (primary N) is 1. The van der Waals surface area contributed by atoms with Crippen molar-refractivity contribution in [3.8, 4) is 0 Å². The van der Waals surface area contributed by atoms with Gasteiger partial charge in [-0.25, -0.2) is 5.01 Å². The summed E-state index contributed by atoms with van der Waals surface area (Å²) in [6.45, 7) is 0.602. The highest BCUT2D eigenvalue weighted by molar-refractivity contribution is 4.73. The highest BCUT2D eigenvalue weighted by Crippen LogP contribution is 2.25. The van der Waals surface area contributed by atoms with Crippen molar-refractivity contribution < 1.29 is 5.11 Å². The molecule has 1 saturated carbocycles. The zero-order chi connectivity index (χ0) is 9.68. The van der Waals surface area contributed by atoms with Gasteiger partial charge in [0.25, 0.3) is 0 Å². The quantitative estimate of drug-likeness (QED) is 0.394. The molecule has 0 radical (unpaired) electrons. The van der Waals surface area contributed by atoms with Crippen molar-refractivity contribution in [3.63, 3.8) is 0 Å². The van der Waals surface area contributed by atoms with Crippen molar-refractivity contribution in [3.05, 3.63) is 0 Å². The maximum Gasteiger partial charge on any atom is 0.0709 e. The second kappa shape index (κ2) is 5.58. The first-order chi connectivity index (χ1) is 6.20. The molecule has 0 aromatic heterocycles. The van der Waals surface area contributed by atoms with Gasteiger partial charge in [0.05, 0.1) is 6.10 Å². The summed E-state index contributed by atoms with van der Waals surface area (Å²) in [7, 11) is 1.81. The van der Waals surface area contributed by atoms with E-state index in [0.29, 0.717) is 12.5 Å². The van der Waals surface area contributed by atoms with Crippen LogP contribution in [0.4, 0.5) is 0 Å². The molecule has 0 bridgehead atoms. The number of hydrogen-bond donors (Lipinski definition) is 2. The smallest absolute Gasteiger partial charge is 0.0709 e. The first kappa shape index (κ1) is 11.0. The van der Waals surface area contributed by atoms with Gasteiger partial charge in [-0.15, -0.1) is 0 Å². The van der Waals surface area contributed by atoms with Crippen molar-refractivity contribution in [1.82, 2.24) is 5.01 Å². The highest BCUT2D eigenvalue weighted by Gasteiger charge is 2.20. The van der Waals surface area contributed by atoms with Gasteiger partial charge >= 0.3 is 0 Å². The molecule has 0 saturated heterocycles. The molecule has 1 unspecified atom stereocenters. The number of aliphatic hydroxyl groups excluding tert-OH is 1. The summed E-state index contributed by atoms with van der Waals surface area (Å²) in [6, 6.07) is 0. The number of likely N-dealkylation sites (N-methyl/N-ethyl adjacent to an activating group) is 1. The molecule has 0 amide bonds. The van der Waals surface area contributed by atoms with Gasteiger partial charge < -0.3 is 5.11 Å². The van der Waals surface area contributed by atoms with E-state index in [1.54, 1.807) is 12.1 Å². The van der Waals surface area contributed by atoms with Crippen LogP contribution in [-0.4, -0.2) is 29.8 Å². The second-order valence-corrected chi connectivity index (χ2v) is 4.26. The summed E-state index contributed by atoms with van der Waals surface area (Å²) in [5, 5.41) is 11.4. The maximum atomic E-state index is 9.85. The Labute approximate surface area is 80.9 Å². The van der Waals surface area contributed by atoms with E-state index in [1.165, 1.54) is 38.5 Å². The molecule has 0 spiro atoms. The Morgan fingerprint density at radius 2 is 1.85 bits per heavy atom. The van der Waals surface area contributed by atoms with Crippen LogP contribution in [-0.2, 0) is 0 Å². The van der Waals surface area contributed by atoms with Gasteiger partial charge in [0.15, 0.2) is 0 Å². The molecule has 1 aliphatic carbocycles. The Bertz CT molecular complexity index is 131. The molecule has 78 valence electrons. The van der Waals surface area contributed by atoms with Crippen molar-refractivity contribution >= 4 is 0 Å². The Hall–Kier alpha value is -0.120. The minimum atomic E-state index is -0.229. The normalized spacial score (nSPS) is 23.1. The lowest BCUT2D eigenvalue weighted by molar-refractivity contribution is 0.0653. The van der Waals surface area contributed by atoms with E-state index in [1.807, 2.05) is 0 Å². The molecular formula is C10H22N2O. The third kappa shape index (κ3) is 4.07. The van der Waals surface area contributed by atoms with Crippen molar-refractivity contribution in [2.24, 2.45) is 11.8 Å². The van der Waals surface area contributed by atoms with E-state index in [0.717, 1.165) is 0 Å². The van der Waals surface area contributed by atoms with Crippen molar-refractivity contribution in [2.45, 2.75) is 44.6 Å². The number of nitrogens with zero attached hydrogens (tertiary/aromatic N) is 1. The van der Waals surface area contributed by atoms with Crippen LogP contribution in [0.2, 0.25) is 0 Å². The van der Waals surface area contributed by atoms with E-state index < -0.39 is 0 Å². The Kier molecular flexibility index (Phi) is 4.70. The molecule has 1 rings (SSSR count). The van der Waals surface area contributed by atoms with Crippen LogP contribution in [0.3, 0.4) is 0 Å². The van der Waals surface area contributed by atoms with E-state index in [4.69, 9.17) is 5.84 Å². The van der Waals surface area contributed by atoms with Gasteiger partial charge in [-0.2, -0.15) is 0 Å². The Morgan fingerprint density at radius 1 is 1.31 bits per heavy atom. The van der Waals surface area contributed by atoms with Gasteiger partial charge in [0.1, 0.15) is 0 Å². The highest BCUT2D eigenvalue weighted by atomic mass is 16.3.